The van der Waals surface area contributed by atoms with E-state index in [0.29, 0.717) is 0 Å². The van der Waals surface area contributed by atoms with E-state index in [4.69, 9.17) is 8.85 Å². The molecule has 2 aliphatic rings. The van der Waals surface area contributed by atoms with E-state index < -0.39 is 19.9 Å². The van der Waals surface area contributed by atoms with Gasteiger partial charge in [-0.25, -0.2) is 4.79 Å². The first kappa shape index (κ1) is 6.63. The summed E-state index contributed by atoms with van der Waals surface area (Å²) in [6.45, 7) is 1.01. The second-order valence-electron chi connectivity index (χ2n) is 3.62. The molecule has 1 amide bonds. The van der Waals surface area contributed by atoms with Gasteiger partial charge in [-0.2, -0.15) is 0 Å². The van der Waals surface area contributed by atoms with Crippen LogP contribution in [-0.4, -0.2) is 50.0 Å². The summed E-state index contributed by atoms with van der Waals surface area (Å²) < 4.78 is 29.6. The first-order chi connectivity index (χ1) is 7.97. The van der Waals surface area contributed by atoms with E-state index in [2.05, 4.69) is 10.1 Å². The highest BCUT2D eigenvalue weighted by atomic mass is 16.7. The van der Waals surface area contributed by atoms with Crippen molar-refractivity contribution in [3.8, 4) is 0 Å². The van der Waals surface area contributed by atoms with E-state index in [-0.39, 0.29) is 12.1 Å². The third-order valence-corrected chi connectivity index (χ3v) is 2.83. The molecular formula is C9H16N2O3. The number of carbonyl (C=O) groups is 1. The zero-order valence-electron chi connectivity index (χ0n) is 10.9. The van der Waals surface area contributed by atoms with Crippen LogP contribution in [0, 0.1) is 0 Å². The lowest BCUT2D eigenvalue weighted by Crippen LogP contribution is -2.54. The molecule has 0 aromatic rings. The van der Waals surface area contributed by atoms with Crippen molar-refractivity contribution in [2.24, 2.45) is 0 Å². The van der Waals surface area contributed by atoms with Crippen molar-refractivity contribution in [1.29, 1.82) is 0 Å². The number of hydrogen-bond donors (Lipinski definition) is 1. The average Bonchev–Trinajstić information content (AvgIpc) is 2.47. The highest BCUT2D eigenvalue weighted by Crippen LogP contribution is 2.26. The van der Waals surface area contributed by atoms with Crippen LogP contribution in [0.15, 0.2) is 0 Å². The Morgan fingerprint density at radius 1 is 1.57 bits per heavy atom. The Kier molecular flexibility index (Phi) is 1.96. The second-order valence-corrected chi connectivity index (χ2v) is 3.62. The highest BCUT2D eigenvalue weighted by molar-refractivity contribution is 5.69. The van der Waals surface area contributed by atoms with Crippen LogP contribution in [-0.2, 0) is 9.47 Å². The van der Waals surface area contributed by atoms with Gasteiger partial charge in [0, 0.05) is 32.2 Å². The van der Waals surface area contributed by atoms with Gasteiger partial charge in [0.05, 0.1) is 4.11 Å². The molecule has 5 heteroatoms. The van der Waals surface area contributed by atoms with Crippen molar-refractivity contribution in [2.75, 3.05) is 26.9 Å². The van der Waals surface area contributed by atoms with E-state index >= 15 is 0 Å². The number of methoxy groups -OCH3 is 1. The van der Waals surface area contributed by atoms with Gasteiger partial charge in [-0.1, -0.05) is 0 Å². The zero-order chi connectivity index (χ0) is 12.5. The van der Waals surface area contributed by atoms with Gasteiger partial charge in [-0.05, 0) is 12.8 Å². The molecule has 2 unspecified atom stereocenters. The SMILES string of the molecule is [2H]C([2H])([2H])OCOC(=O)N1C2CCC1CNC2. The van der Waals surface area contributed by atoms with Gasteiger partial charge in [0.1, 0.15) is 0 Å². The van der Waals surface area contributed by atoms with Gasteiger partial charge in [0.25, 0.3) is 0 Å². The fraction of sp³-hybridized carbons (Fsp3) is 0.889. The predicted octanol–water partition coefficient (Wildman–Crippen LogP) is 0.163. The maximum atomic E-state index is 11.8. The molecule has 0 aliphatic carbocycles. The highest BCUT2D eigenvalue weighted by Gasteiger charge is 2.40. The van der Waals surface area contributed by atoms with Crippen molar-refractivity contribution in [2.45, 2.75) is 24.9 Å². The first-order valence-corrected chi connectivity index (χ1v) is 4.77. The summed E-state index contributed by atoms with van der Waals surface area (Å²) >= 11 is 0. The van der Waals surface area contributed by atoms with Gasteiger partial charge < -0.3 is 14.8 Å². The fourth-order valence-corrected chi connectivity index (χ4v) is 2.23. The van der Waals surface area contributed by atoms with E-state index in [1.54, 1.807) is 4.90 Å². The summed E-state index contributed by atoms with van der Waals surface area (Å²) in [4.78, 5) is 13.5. The molecule has 0 radical (unpaired) electrons. The van der Waals surface area contributed by atoms with Crippen molar-refractivity contribution >= 4 is 6.09 Å². The number of nitrogens with zero attached hydrogens (tertiary/aromatic N) is 1. The number of fused-ring (bicyclic) bond motifs is 2. The molecule has 2 aliphatic heterocycles. The lowest BCUT2D eigenvalue weighted by atomic mass is 10.2. The molecule has 2 bridgehead atoms. The minimum Gasteiger partial charge on any atom is -0.422 e. The Hall–Kier alpha value is -0.810. The zero-order valence-corrected chi connectivity index (χ0v) is 7.86. The quantitative estimate of drug-likeness (QED) is 0.650. The van der Waals surface area contributed by atoms with Gasteiger partial charge in [-0.15, -0.1) is 0 Å². The van der Waals surface area contributed by atoms with Gasteiger partial charge in [0.2, 0.25) is 0 Å². The van der Waals surface area contributed by atoms with Crippen molar-refractivity contribution < 1.29 is 18.4 Å². The number of piperazine rings is 1. The number of carbonyl (C=O) groups excluding carboxylic acids is 1. The number of amides is 1. The van der Waals surface area contributed by atoms with E-state index in [9.17, 15) is 4.79 Å². The van der Waals surface area contributed by atoms with Gasteiger partial charge >= 0.3 is 6.09 Å². The average molecular weight is 203 g/mol. The summed E-state index contributed by atoms with van der Waals surface area (Å²) in [6, 6.07) is 0.322. The Morgan fingerprint density at radius 3 is 2.93 bits per heavy atom. The Labute approximate surface area is 87.6 Å². The normalized spacial score (nSPS) is 34.6. The molecule has 2 rings (SSSR count). The van der Waals surface area contributed by atoms with Crippen LogP contribution in [0.4, 0.5) is 4.79 Å². The summed E-state index contributed by atoms with van der Waals surface area (Å²) in [5.74, 6) is 0. The third kappa shape index (κ3) is 1.69. The standard InChI is InChI=1S/C9H16N2O3/c1-13-6-14-9(12)11-7-2-3-8(11)5-10-4-7/h7-8,10H,2-6H2,1H3/i1D3. The molecule has 2 fully saturated rings. The van der Waals surface area contributed by atoms with Crippen molar-refractivity contribution in [3.05, 3.63) is 0 Å². The number of hydrogen-bond acceptors (Lipinski definition) is 4. The Morgan fingerprint density at radius 2 is 2.29 bits per heavy atom. The second kappa shape index (κ2) is 4.14. The maximum Gasteiger partial charge on any atom is 0.412 e. The largest absolute Gasteiger partial charge is 0.422 e. The first-order valence-electron chi connectivity index (χ1n) is 6.27. The van der Waals surface area contributed by atoms with Crippen LogP contribution in [0.2, 0.25) is 0 Å². The van der Waals surface area contributed by atoms with Crippen LogP contribution in [0.25, 0.3) is 0 Å². The molecule has 2 saturated heterocycles. The molecule has 2 atom stereocenters. The molecule has 1 N–H and O–H groups in total. The molecule has 5 nitrogen and oxygen atoms in total. The Balaban J connectivity index is 1.80. The van der Waals surface area contributed by atoms with E-state index in [0.717, 1.165) is 25.9 Å². The van der Waals surface area contributed by atoms with Gasteiger partial charge in [-0.3, -0.25) is 4.90 Å². The van der Waals surface area contributed by atoms with Crippen LogP contribution >= 0.6 is 0 Å². The third-order valence-electron chi connectivity index (χ3n) is 2.83. The summed E-state index contributed by atoms with van der Waals surface area (Å²) in [5, 5.41) is 3.24. The molecular weight excluding hydrogens is 184 g/mol. The van der Waals surface area contributed by atoms with Crippen LogP contribution in [0.1, 0.15) is 17.0 Å². The summed E-state index contributed by atoms with van der Waals surface area (Å²) in [7, 11) is -2.53. The van der Waals surface area contributed by atoms with Gasteiger partial charge in [0.15, 0.2) is 6.79 Å². The Bertz CT molecular complexity index is 282. The lowest BCUT2D eigenvalue weighted by molar-refractivity contribution is -0.0133. The topological polar surface area (TPSA) is 50.8 Å². The number of nitrogens with one attached hydrogen (secondary N) is 1. The molecule has 0 aromatic heterocycles. The fourth-order valence-electron chi connectivity index (χ4n) is 2.23. The lowest BCUT2D eigenvalue weighted by Gasteiger charge is -2.34. The predicted molar refractivity (Wildman–Crippen MR) is 49.9 cm³/mol. The van der Waals surface area contributed by atoms with Crippen LogP contribution in [0.5, 0.6) is 0 Å². The molecule has 2 heterocycles. The summed E-state index contributed by atoms with van der Waals surface area (Å²) in [5.41, 5.74) is 0. The molecule has 0 aromatic carbocycles. The summed E-state index contributed by atoms with van der Waals surface area (Å²) in [6.07, 6.45) is 1.45. The minimum absolute atomic E-state index is 0.161. The molecule has 0 saturated carbocycles. The number of ether oxygens (including phenoxy) is 2. The van der Waals surface area contributed by atoms with E-state index in [1.165, 1.54) is 0 Å². The number of rotatable bonds is 2. The minimum atomic E-state index is -2.53. The monoisotopic (exact) mass is 203 g/mol. The van der Waals surface area contributed by atoms with Crippen LogP contribution < -0.4 is 5.32 Å². The van der Waals surface area contributed by atoms with Crippen molar-refractivity contribution in [3.63, 3.8) is 0 Å². The van der Waals surface area contributed by atoms with E-state index in [1.807, 2.05) is 0 Å². The maximum absolute atomic E-state index is 11.8. The molecule has 0 spiro atoms. The molecule has 14 heavy (non-hydrogen) atoms. The van der Waals surface area contributed by atoms with Crippen molar-refractivity contribution in [1.82, 2.24) is 10.2 Å². The smallest absolute Gasteiger partial charge is 0.412 e. The molecule has 80 valence electrons. The van der Waals surface area contributed by atoms with Crippen LogP contribution in [0.3, 0.4) is 0 Å².